The van der Waals surface area contributed by atoms with Crippen LogP contribution >= 0.6 is 11.6 Å². The number of halogens is 1. The average Bonchev–Trinajstić information content (AvgIpc) is 3.26. The first-order valence-corrected chi connectivity index (χ1v) is 9.37. The standard InChI is InChI=1S/C20H20ClN3O4/c1-10-13-4-6-24(19(13)23-9-22-10)20-16(26)15(25)18(28-20)17-14-3-2-12(21)8-11(14)5-7-27-17/h2-4,6,8-9,15-18,20,25-26H,5,7H2,1H3/t15-,16+,17+,18-,20+/m0/s1/i5D2. The third-order valence-corrected chi connectivity index (χ3v) is 5.64. The van der Waals surface area contributed by atoms with Gasteiger partial charge in [0.05, 0.1) is 12.3 Å². The molecule has 28 heavy (non-hydrogen) atoms. The van der Waals surface area contributed by atoms with Gasteiger partial charge in [0.2, 0.25) is 0 Å². The van der Waals surface area contributed by atoms with Crippen molar-refractivity contribution in [3.8, 4) is 0 Å². The minimum atomic E-state index is -1.72. The molecule has 0 spiro atoms. The van der Waals surface area contributed by atoms with Crippen molar-refractivity contribution >= 4 is 22.6 Å². The van der Waals surface area contributed by atoms with Crippen molar-refractivity contribution in [2.45, 2.75) is 43.9 Å². The monoisotopic (exact) mass is 403 g/mol. The predicted octanol–water partition coefficient (Wildman–Crippen LogP) is 2.33. The molecule has 4 heterocycles. The summed E-state index contributed by atoms with van der Waals surface area (Å²) in [7, 11) is 0. The predicted molar refractivity (Wildman–Crippen MR) is 102 cm³/mol. The molecular formula is C20H20ClN3O4. The van der Waals surface area contributed by atoms with Gasteiger partial charge in [-0.2, -0.15) is 0 Å². The quantitative estimate of drug-likeness (QED) is 0.682. The summed E-state index contributed by atoms with van der Waals surface area (Å²) in [6.45, 7) is 1.65. The lowest BCUT2D eigenvalue weighted by Gasteiger charge is -2.31. The van der Waals surface area contributed by atoms with Crippen LogP contribution in [0.4, 0.5) is 0 Å². The topological polar surface area (TPSA) is 89.6 Å². The molecule has 2 aliphatic rings. The highest BCUT2D eigenvalue weighted by molar-refractivity contribution is 6.30. The maximum atomic E-state index is 10.8. The lowest BCUT2D eigenvalue weighted by molar-refractivity contribution is -0.113. The number of fused-ring (bicyclic) bond motifs is 2. The van der Waals surface area contributed by atoms with Gasteiger partial charge in [-0.1, -0.05) is 17.7 Å². The Morgan fingerprint density at radius 3 is 2.96 bits per heavy atom. The lowest BCUT2D eigenvalue weighted by Crippen LogP contribution is -2.37. The Morgan fingerprint density at radius 1 is 1.25 bits per heavy atom. The smallest absolute Gasteiger partial charge is 0.164 e. The summed E-state index contributed by atoms with van der Waals surface area (Å²) < 4.78 is 30.0. The highest BCUT2D eigenvalue weighted by Crippen LogP contribution is 2.41. The molecule has 0 saturated carbocycles. The molecule has 0 unspecified atom stereocenters. The van der Waals surface area contributed by atoms with Crippen molar-refractivity contribution in [2.75, 3.05) is 6.61 Å². The van der Waals surface area contributed by atoms with Gasteiger partial charge in [0, 0.05) is 19.3 Å². The van der Waals surface area contributed by atoms with E-state index in [-0.39, 0.29) is 6.61 Å². The molecule has 2 N–H and O–H groups in total. The van der Waals surface area contributed by atoms with Crippen LogP contribution in [0, 0.1) is 6.92 Å². The summed E-state index contributed by atoms with van der Waals surface area (Å²) in [5.74, 6) is 0. The third-order valence-electron chi connectivity index (χ3n) is 5.40. The normalized spacial score (nSPS) is 32.8. The Bertz CT molecular complexity index is 1120. The molecule has 0 bridgehead atoms. The number of benzene rings is 1. The van der Waals surface area contributed by atoms with E-state index in [9.17, 15) is 10.2 Å². The fourth-order valence-corrected chi connectivity index (χ4v) is 4.14. The number of aliphatic hydroxyl groups is 2. The second kappa shape index (κ2) is 6.79. The molecule has 5 atom stereocenters. The molecule has 3 aromatic rings. The fourth-order valence-electron chi connectivity index (χ4n) is 3.97. The third kappa shape index (κ3) is 2.74. The summed E-state index contributed by atoms with van der Waals surface area (Å²) >= 11 is 6.08. The molecule has 2 aliphatic heterocycles. The average molecular weight is 404 g/mol. The van der Waals surface area contributed by atoms with Crippen LogP contribution in [0.2, 0.25) is 5.02 Å². The number of nitrogens with zero attached hydrogens (tertiary/aromatic N) is 3. The second-order valence-corrected chi connectivity index (χ2v) is 7.47. The Kier molecular flexibility index (Phi) is 3.84. The first-order valence-electron chi connectivity index (χ1n) is 9.99. The Balaban J connectivity index is 1.52. The zero-order chi connectivity index (χ0) is 21.2. The van der Waals surface area contributed by atoms with Gasteiger partial charge in [-0.3, -0.25) is 0 Å². The van der Waals surface area contributed by atoms with Crippen molar-refractivity contribution in [3.63, 3.8) is 0 Å². The Labute approximate surface area is 169 Å². The zero-order valence-corrected chi connectivity index (χ0v) is 15.7. The number of ether oxygens (including phenoxy) is 2. The minimum Gasteiger partial charge on any atom is -0.387 e. The maximum Gasteiger partial charge on any atom is 0.164 e. The largest absolute Gasteiger partial charge is 0.387 e. The lowest BCUT2D eigenvalue weighted by atomic mass is 9.92. The van der Waals surface area contributed by atoms with Crippen LogP contribution < -0.4 is 0 Å². The second-order valence-electron chi connectivity index (χ2n) is 7.03. The fraction of sp³-hybridized carbons (Fsp3) is 0.400. The van der Waals surface area contributed by atoms with Gasteiger partial charge >= 0.3 is 0 Å². The van der Waals surface area contributed by atoms with Crippen LogP contribution in [-0.2, 0) is 15.8 Å². The number of hydrogen-bond acceptors (Lipinski definition) is 6. The first kappa shape index (κ1) is 15.8. The van der Waals surface area contributed by atoms with Gasteiger partial charge in [0.1, 0.15) is 36.4 Å². The van der Waals surface area contributed by atoms with Crippen molar-refractivity contribution in [1.29, 1.82) is 0 Å². The SMILES string of the molecule is [2H]C1([2H])CO[C@@H]([C@H]2O[C@@H](n3ccc4c(C)ncnc43)[C@H](O)[C@@H]2O)c2ccc(Cl)cc21. The summed E-state index contributed by atoms with van der Waals surface area (Å²) in [4.78, 5) is 8.46. The van der Waals surface area contributed by atoms with E-state index >= 15 is 0 Å². The Morgan fingerprint density at radius 2 is 2.11 bits per heavy atom. The number of aromatic nitrogens is 3. The Hall–Kier alpha value is -2.03. The number of rotatable bonds is 2. The van der Waals surface area contributed by atoms with E-state index in [1.807, 2.05) is 13.0 Å². The van der Waals surface area contributed by atoms with Gasteiger partial charge in [-0.05, 0) is 42.6 Å². The van der Waals surface area contributed by atoms with Gasteiger partial charge in [-0.25, -0.2) is 9.97 Å². The maximum absolute atomic E-state index is 10.8. The van der Waals surface area contributed by atoms with Crippen LogP contribution in [0.1, 0.15) is 31.9 Å². The van der Waals surface area contributed by atoms with E-state index in [0.29, 0.717) is 21.8 Å². The highest BCUT2D eigenvalue weighted by atomic mass is 35.5. The molecule has 8 heteroatoms. The number of aryl methyl sites for hydroxylation is 1. The van der Waals surface area contributed by atoms with E-state index < -0.39 is 37.0 Å². The molecule has 0 amide bonds. The molecule has 1 saturated heterocycles. The molecule has 7 nitrogen and oxygen atoms in total. The van der Waals surface area contributed by atoms with Crippen molar-refractivity contribution in [1.82, 2.24) is 14.5 Å². The molecule has 1 fully saturated rings. The number of hydrogen-bond donors (Lipinski definition) is 2. The van der Waals surface area contributed by atoms with Crippen molar-refractivity contribution in [2.24, 2.45) is 0 Å². The van der Waals surface area contributed by atoms with Crippen LogP contribution in [0.5, 0.6) is 0 Å². The highest BCUT2D eigenvalue weighted by Gasteiger charge is 2.49. The van der Waals surface area contributed by atoms with E-state index in [4.69, 9.17) is 23.8 Å². The van der Waals surface area contributed by atoms with Crippen molar-refractivity contribution in [3.05, 3.63) is 58.6 Å². The van der Waals surface area contributed by atoms with Crippen LogP contribution in [0.3, 0.4) is 0 Å². The molecule has 5 rings (SSSR count). The van der Waals surface area contributed by atoms with E-state index in [0.717, 1.165) is 11.1 Å². The summed E-state index contributed by atoms with van der Waals surface area (Å²) in [6.07, 6.45) is -3.54. The van der Waals surface area contributed by atoms with Crippen LogP contribution in [0.15, 0.2) is 36.8 Å². The number of aliphatic hydroxyl groups excluding tert-OH is 2. The summed E-state index contributed by atoms with van der Waals surface area (Å²) in [5.41, 5.74) is 2.33. The molecule has 2 aromatic heterocycles. The molecular weight excluding hydrogens is 382 g/mol. The molecule has 0 radical (unpaired) electrons. The van der Waals surface area contributed by atoms with E-state index in [1.54, 1.807) is 29.0 Å². The summed E-state index contributed by atoms with van der Waals surface area (Å²) in [6, 6.07) is 6.73. The molecule has 1 aromatic carbocycles. The van der Waals surface area contributed by atoms with E-state index in [1.165, 1.54) is 6.33 Å². The molecule has 0 aliphatic carbocycles. The first-order chi connectivity index (χ1) is 14.3. The van der Waals surface area contributed by atoms with Gasteiger partial charge in [0.15, 0.2) is 6.23 Å². The van der Waals surface area contributed by atoms with Crippen LogP contribution in [-0.4, -0.2) is 49.7 Å². The van der Waals surface area contributed by atoms with E-state index in [2.05, 4.69) is 9.97 Å². The van der Waals surface area contributed by atoms with Gasteiger partial charge in [-0.15, -0.1) is 0 Å². The van der Waals surface area contributed by atoms with Gasteiger partial charge in [0.25, 0.3) is 0 Å². The minimum absolute atomic E-state index is 0.211. The summed E-state index contributed by atoms with van der Waals surface area (Å²) in [5, 5.41) is 22.8. The van der Waals surface area contributed by atoms with Crippen LogP contribution in [0.25, 0.3) is 11.0 Å². The van der Waals surface area contributed by atoms with Gasteiger partial charge < -0.3 is 24.3 Å². The van der Waals surface area contributed by atoms with Crippen molar-refractivity contribution < 1.29 is 22.4 Å². The molecule has 146 valence electrons. The zero-order valence-electron chi connectivity index (χ0n) is 17.0.